The van der Waals surface area contributed by atoms with Gasteiger partial charge in [-0.1, -0.05) is 57.2 Å². The van der Waals surface area contributed by atoms with Gasteiger partial charge in [0.15, 0.2) is 0 Å². The number of carbonyl (C=O) groups excluding carboxylic acids is 1. The van der Waals surface area contributed by atoms with Gasteiger partial charge in [-0.15, -0.1) is 0 Å². The molecule has 0 radical (unpaired) electrons. The second-order valence-electron chi connectivity index (χ2n) is 9.63. The van der Waals surface area contributed by atoms with Crippen molar-refractivity contribution in [2.45, 2.75) is 63.8 Å². The Hall–Kier alpha value is -3.15. The Kier molecular flexibility index (Phi) is 5.80. The quantitative estimate of drug-likeness (QED) is 0.685. The number of benzene rings is 1. The first kappa shape index (κ1) is 22.1. The molecule has 4 rings (SSSR count). The molecule has 1 saturated carbocycles. The topological polar surface area (TPSA) is 79.7 Å². The molecule has 1 aromatic carbocycles. The van der Waals surface area contributed by atoms with E-state index in [9.17, 15) is 14.7 Å². The van der Waals surface area contributed by atoms with E-state index in [0.717, 1.165) is 34.4 Å². The van der Waals surface area contributed by atoms with E-state index in [1.165, 1.54) is 5.56 Å². The van der Waals surface area contributed by atoms with Crippen molar-refractivity contribution in [2.24, 2.45) is 0 Å². The van der Waals surface area contributed by atoms with Crippen LogP contribution in [0.5, 0.6) is 5.88 Å². The minimum atomic E-state index is -1.22. The van der Waals surface area contributed by atoms with Gasteiger partial charge >= 0.3 is 6.09 Å². The predicted molar refractivity (Wildman–Crippen MR) is 123 cm³/mol. The van der Waals surface area contributed by atoms with Gasteiger partial charge in [-0.05, 0) is 47.8 Å². The molecule has 6 nitrogen and oxygen atoms in total. The highest BCUT2D eigenvalue weighted by Crippen LogP contribution is 2.44. The number of ether oxygens (including phenoxy) is 1. The summed E-state index contributed by atoms with van der Waals surface area (Å²) in [5.74, 6) is 0.746. The molecule has 2 amide bonds. The number of aromatic nitrogens is 1. The van der Waals surface area contributed by atoms with Crippen LogP contribution in [0.1, 0.15) is 74.8 Å². The summed E-state index contributed by atoms with van der Waals surface area (Å²) in [6, 6.07) is 11.8. The number of amides is 2. The molecule has 1 saturated heterocycles. The molecule has 0 spiro atoms. The molecule has 32 heavy (non-hydrogen) atoms. The van der Waals surface area contributed by atoms with Gasteiger partial charge in [-0.25, -0.2) is 14.7 Å². The van der Waals surface area contributed by atoms with E-state index in [4.69, 9.17) is 9.72 Å². The van der Waals surface area contributed by atoms with Crippen molar-refractivity contribution < 1.29 is 19.4 Å². The van der Waals surface area contributed by atoms with Crippen LogP contribution < -0.4 is 4.74 Å². The van der Waals surface area contributed by atoms with Crippen LogP contribution in [-0.4, -0.2) is 40.1 Å². The molecule has 2 aliphatic rings. The number of carbonyl (C=O) groups is 2. The van der Waals surface area contributed by atoms with Crippen LogP contribution >= 0.6 is 0 Å². The lowest BCUT2D eigenvalue weighted by molar-refractivity contribution is -0.126. The molecule has 2 aromatic rings. The fraction of sp³-hybridized carbons (Fsp3) is 0.423. The van der Waals surface area contributed by atoms with E-state index in [0.29, 0.717) is 23.9 Å². The van der Waals surface area contributed by atoms with Crippen molar-refractivity contribution in [3.8, 4) is 5.88 Å². The Morgan fingerprint density at radius 2 is 1.81 bits per heavy atom. The zero-order chi connectivity index (χ0) is 23.0. The summed E-state index contributed by atoms with van der Waals surface area (Å²) in [4.78, 5) is 29.6. The summed E-state index contributed by atoms with van der Waals surface area (Å²) >= 11 is 0. The van der Waals surface area contributed by atoms with E-state index in [2.05, 4.69) is 39.0 Å². The van der Waals surface area contributed by atoms with Crippen molar-refractivity contribution in [3.63, 3.8) is 0 Å². The molecule has 0 bridgehead atoms. The van der Waals surface area contributed by atoms with Gasteiger partial charge < -0.3 is 9.84 Å². The van der Waals surface area contributed by atoms with Crippen LogP contribution in [0.4, 0.5) is 4.79 Å². The normalized spacial score (nSPS) is 19.4. The monoisotopic (exact) mass is 434 g/mol. The predicted octanol–water partition coefficient (Wildman–Crippen LogP) is 5.37. The first-order valence-corrected chi connectivity index (χ1v) is 11.1. The van der Waals surface area contributed by atoms with E-state index < -0.39 is 12.1 Å². The summed E-state index contributed by atoms with van der Waals surface area (Å²) in [6.45, 7) is 6.49. The fourth-order valence-corrected chi connectivity index (χ4v) is 4.25. The second kappa shape index (κ2) is 8.41. The van der Waals surface area contributed by atoms with Crippen molar-refractivity contribution >= 4 is 17.6 Å². The second-order valence-corrected chi connectivity index (χ2v) is 9.63. The van der Waals surface area contributed by atoms with Gasteiger partial charge in [-0.3, -0.25) is 4.79 Å². The first-order valence-electron chi connectivity index (χ1n) is 11.1. The van der Waals surface area contributed by atoms with Crippen LogP contribution in [0, 0.1) is 0 Å². The third-order valence-electron chi connectivity index (χ3n) is 6.26. The van der Waals surface area contributed by atoms with Crippen LogP contribution in [0.3, 0.4) is 0 Å². The maximum absolute atomic E-state index is 12.1. The largest absolute Gasteiger partial charge is 0.481 e. The van der Waals surface area contributed by atoms with Gasteiger partial charge in [0.2, 0.25) is 11.8 Å². The number of hydrogen-bond acceptors (Lipinski definition) is 4. The van der Waals surface area contributed by atoms with E-state index >= 15 is 0 Å². The SMILES string of the molecule is COc1nc(/C(=C\[C@H]2CCC(=O)N2C(=O)O)c2ccc(C(C)(C)C)cc2)ccc1C1CC1. The highest BCUT2D eigenvalue weighted by Gasteiger charge is 2.35. The Bertz CT molecular complexity index is 1060. The maximum Gasteiger partial charge on any atom is 0.414 e. The number of carboxylic acid groups (broad SMARTS) is 1. The van der Waals surface area contributed by atoms with Gasteiger partial charge in [0, 0.05) is 17.6 Å². The number of nitrogens with zero attached hydrogens (tertiary/aromatic N) is 2. The van der Waals surface area contributed by atoms with Gasteiger partial charge in [0.1, 0.15) is 0 Å². The summed E-state index contributed by atoms with van der Waals surface area (Å²) in [6.07, 6.45) is 3.63. The van der Waals surface area contributed by atoms with Crippen LogP contribution in [0.25, 0.3) is 5.57 Å². The van der Waals surface area contributed by atoms with Crippen molar-refractivity contribution in [1.29, 1.82) is 0 Å². The molecular weight excluding hydrogens is 404 g/mol. The Morgan fingerprint density at radius 1 is 1.12 bits per heavy atom. The fourth-order valence-electron chi connectivity index (χ4n) is 4.25. The molecule has 1 aliphatic carbocycles. The van der Waals surface area contributed by atoms with E-state index in [-0.39, 0.29) is 17.7 Å². The molecular formula is C26H30N2O4. The lowest BCUT2D eigenvalue weighted by Crippen LogP contribution is -2.36. The molecule has 6 heteroatoms. The van der Waals surface area contributed by atoms with E-state index in [1.807, 2.05) is 24.3 Å². The molecule has 2 heterocycles. The van der Waals surface area contributed by atoms with Crippen LogP contribution in [0.2, 0.25) is 0 Å². The third kappa shape index (κ3) is 4.40. The van der Waals surface area contributed by atoms with Gasteiger partial charge in [0.25, 0.3) is 0 Å². The van der Waals surface area contributed by atoms with Crippen LogP contribution in [0.15, 0.2) is 42.5 Å². The highest BCUT2D eigenvalue weighted by atomic mass is 16.5. The molecule has 2 fully saturated rings. The summed E-state index contributed by atoms with van der Waals surface area (Å²) in [7, 11) is 1.63. The zero-order valence-corrected chi connectivity index (χ0v) is 19.1. The van der Waals surface area contributed by atoms with Gasteiger partial charge in [0.05, 0.1) is 18.8 Å². The standard InChI is InChI=1S/C26H30N2O4/c1-26(2,3)18-9-7-17(8-10-18)21(15-19-11-14-23(29)28(19)25(30)31)22-13-12-20(16-5-6-16)24(27-22)32-4/h7-10,12-13,15-16,19H,5-6,11,14H2,1-4H3,(H,30,31)/b21-15-/t19-/m1/s1. The van der Waals surface area contributed by atoms with Crippen LogP contribution in [-0.2, 0) is 10.2 Å². The maximum atomic E-state index is 12.1. The molecule has 1 aromatic heterocycles. The summed E-state index contributed by atoms with van der Waals surface area (Å²) < 4.78 is 5.59. The third-order valence-corrected chi connectivity index (χ3v) is 6.26. The number of methoxy groups -OCH3 is 1. The first-order chi connectivity index (χ1) is 15.2. The summed E-state index contributed by atoms with van der Waals surface area (Å²) in [5, 5.41) is 9.56. The molecule has 168 valence electrons. The Morgan fingerprint density at radius 3 is 2.38 bits per heavy atom. The molecule has 1 atom stereocenters. The lowest BCUT2D eigenvalue weighted by Gasteiger charge is -2.21. The number of imide groups is 1. The Labute approximate surface area is 188 Å². The minimum absolute atomic E-state index is 0.0216. The molecule has 1 N–H and O–H groups in total. The number of likely N-dealkylation sites (tertiary alicyclic amines) is 1. The smallest absolute Gasteiger partial charge is 0.414 e. The van der Waals surface area contributed by atoms with Crippen molar-refractivity contribution in [1.82, 2.24) is 9.88 Å². The average molecular weight is 435 g/mol. The Balaban J connectivity index is 1.80. The van der Waals surface area contributed by atoms with E-state index in [1.54, 1.807) is 7.11 Å². The minimum Gasteiger partial charge on any atom is -0.481 e. The van der Waals surface area contributed by atoms with Gasteiger partial charge in [-0.2, -0.15) is 0 Å². The summed E-state index contributed by atoms with van der Waals surface area (Å²) in [5.41, 5.74) is 4.78. The number of rotatable bonds is 5. The zero-order valence-electron chi connectivity index (χ0n) is 19.1. The van der Waals surface area contributed by atoms with Crippen molar-refractivity contribution in [2.75, 3.05) is 7.11 Å². The highest BCUT2D eigenvalue weighted by molar-refractivity contribution is 5.94. The molecule has 0 unspecified atom stereocenters. The number of hydrogen-bond donors (Lipinski definition) is 1. The lowest BCUT2D eigenvalue weighted by atomic mass is 9.86. The average Bonchev–Trinajstić information content (AvgIpc) is 3.53. The number of pyridine rings is 1. The molecule has 1 aliphatic heterocycles. The van der Waals surface area contributed by atoms with Crippen molar-refractivity contribution in [3.05, 3.63) is 64.9 Å².